The fourth-order valence-electron chi connectivity index (χ4n) is 5.59. The molecule has 2 heterocycles. The molecule has 0 aromatic carbocycles. The van der Waals surface area contributed by atoms with Crippen LogP contribution < -0.4 is 5.32 Å². The second-order valence-corrected chi connectivity index (χ2v) is 9.62. The lowest BCUT2D eigenvalue weighted by Crippen LogP contribution is -2.45. The van der Waals surface area contributed by atoms with E-state index in [1.54, 1.807) is 0 Å². The summed E-state index contributed by atoms with van der Waals surface area (Å²) >= 11 is 0. The molecule has 1 aliphatic heterocycles. The summed E-state index contributed by atoms with van der Waals surface area (Å²) < 4.78 is 2.08. The fourth-order valence-corrected chi connectivity index (χ4v) is 5.59. The average Bonchev–Trinajstić information content (AvgIpc) is 3.08. The summed E-state index contributed by atoms with van der Waals surface area (Å²) in [5.41, 5.74) is 0.815. The third kappa shape index (κ3) is 3.57. The van der Waals surface area contributed by atoms with Crippen LogP contribution in [0.3, 0.4) is 0 Å². The number of carbonyl (C=O) groups is 1. The number of nitrogens with zero attached hydrogens (tertiary/aromatic N) is 2. The van der Waals surface area contributed by atoms with Gasteiger partial charge in [0.25, 0.3) is 0 Å². The Morgan fingerprint density at radius 3 is 2.46 bits per heavy atom. The van der Waals surface area contributed by atoms with Gasteiger partial charge in [0.2, 0.25) is 0 Å². The monoisotopic (exact) mass is 357 g/mol. The first-order valence-corrected chi connectivity index (χ1v) is 10.9. The number of carbonyl (C=O) groups excluding carboxylic acids is 1. The number of hydrogen-bond acceptors (Lipinski definition) is 3. The number of anilines is 1. The van der Waals surface area contributed by atoms with E-state index in [4.69, 9.17) is 0 Å². The van der Waals surface area contributed by atoms with Gasteiger partial charge in [0.05, 0.1) is 17.3 Å². The van der Waals surface area contributed by atoms with Crippen LogP contribution in [0.1, 0.15) is 101 Å². The van der Waals surface area contributed by atoms with E-state index in [1.807, 2.05) is 6.20 Å². The van der Waals surface area contributed by atoms with Crippen molar-refractivity contribution < 1.29 is 4.79 Å². The maximum Gasteiger partial charge on any atom is 0.168 e. The summed E-state index contributed by atoms with van der Waals surface area (Å²) in [5, 5.41) is 8.41. The van der Waals surface area contributed by atoms with E-state index >= 15 is 0 Å². The molecule has 1 aromatic heterocycles. The topological polar surface area (TPSA) is 46.9 Å². The molecule has 2 aliphatic carbocycles. The molecule has 0 amide bonds. The van der Waals surface area contributed by atoms with Crippen molar-refractivity contribution in [3.63, 3.8) is 0 Å². The average molecular weight is 358 g/mol. The van der Waals surface area contributed by atoms with Gasteiger partial charge in [0.1, 0.15) is 5.82 Å². The van der Waals surface area contributed by atoms with Crippen LogP contribution in [-0.2, 0) is 5.54 Å². The van der Waals surface area contributed by atoms with Gasteiger partial charge < -0.3 is 5.32 Å². The second-order valence-electron chi connectivity index (χ2n) is 9.62. The quantitative estimate of drug-likeness (QED) is 0.720. The molecule has 0 saturated heterocycles. The normalized spacial score (nSPS) is 26.9. The van der Waals surface area contributed by atoms with Gasteiger partial charge in [-0.25, -0.2) is 4.68 Å². The first-order valence-electron chi connectivity index (χ1n) is 10.9. The Hall–Kier alpha value is -1.32. The van der Waals surface area contributed by atoms with Crippen LogP contribution in [0.5, 0.6) is 0 Å². The van der Waals surface area contributed by atoms with Gasteiger partial charge in [-0.2, -0.15) is 5.10 Å². The largest absolute Gasteiger partial charge is 0.367 e. The molecule has 4 rings (SSSR count). The number of Topliss-reactive ketones (excluding diaryl/α,β-unsaturated/α-hetero) is 1. The van der Waals surface area contributed by atoms with Gasteiger partial charge in [-0.1, -0.05) is 51.4 Å². The molecular formula is C22H35N3O. The van der Waals surface area contributed by atoms with E-state index in [9.17, 15) is 4.79 Å². The summed E-state index contributed by atoms with van der Waals surface area (Å²) in [6.07, 6.45) is 16.8. The van der Waals surface area contributed by atoms with Crippen LogP contribution in [-0.4, -0.2) is 21.6 Å². The smallest absolute Gasteiger partial charge is 0.168 e. The predicted molar refractivity (Wildman–Crippen MR) is 106 cm³/mol. The predicted octanol–water partition coefficient (Wildman–Crippen LogP) is 5.54. The second kappa shape index (κ2) is 7.36. The van der Waals surface area contributed by atoms with Crippen molar-refractivity contribution in [1.82, 2.24) is 9.78 Å². The molecule has 1 N–H and O–H groups in total. The summed E-state index contributed by atoms with van der Waals surface area (Å²) in [4.78, 5) is 13.0. The highest BCUT2D eigenvalue weighted by Crippen LogP contribution is 2.40. The molecule has 0 spiro atoms. The third-order valence-electron chi connectivity index (χ3n) is 7.10. The van der Waals surface area contributed by atoms with Crippen LogP contribution in [0.2, 0.25) is 0 Å². The van der Waals surface area contributed by atoms with Crippen molar-refractivity contribution in [2.45, 2.75) is 102 Å². The Labute approximate surface area is 158 Å². The SMILES string of the molecule is CC1(C)CC(C2CCCCC2)Nc2c(C(=O)CC3CCCCC3)cnn21. The molecule has 3 aliphatic rings. The number of aromatic nitrogens is 2. The zero-order valence-corrected chi connectivity index (χ0v) is 16.6. The minimum atomic E-state index is -0.0218. The zero-order chi connectivity index (χ0) is 18.1. The van der Waals surface area contributed by atoms with E-state index < -0.39 is 0 Å². The van der Waals surface area contributed by atoms with Gasteiger partial charge in [0.15, 0.2) is 5.78 Å². The molecule has 2 saturated carbocycles. The molecular weight excluding hydrogens is 322 g/mol. The van der Waals surface area contributed by atoms with Crippen molar-refractivity contribution in [3.8, 4) is 0 Å². The molecule has 1 aromatic rings. The molecule has 1 unspecified atom stereocenters. The van der Waals surface area contributed by atoms with E-state index in [0.29, 0.717) is 24.2 Å². The summed E-state index contributed by atoms with van der Waals surface area (Å²) in [6.45, 7) is 4.55. The molecule has 144 valence electrons. The number of ketones is 1. The van der Waals surface area contributed by atoms with Crippen LogP contribution >= 0.6 is 0 Å². The highest BCUT2D eigenvalue weighted by Gasteiger charge is 2.39. The first-order chi connectivity index (χ1) is 12.5. The van der Waals surface area contributed by atoms with E-state index in [2.05, 4.69) is 28.9 Å². The minimum Gasteiger partial charge on any atom is -0.367 e. The number of rotatable bonds is 4. The van der Waals surface area contributed by atoms with Crippen molar-refractivity contribution in [2.24, 2.45) is 11.8 Å². The highest BCUT2D eigenvalue weighted by atomic mass is 16.1. The maximum absolute atomic E-state index is 13.0. The van der Waals surface area contributed by atoms with Crippen LogP contribution in [0, 0.1) is 11.8 Å². The Kier molecular flexibility index (Phi) is 5.11. The van der Waals surface area contributed by atoms with Crippen molar-refractivity contribution in [2.75, 3.05) is 5.32 Å². The van der Waals surface area contributed by atoms with Crippen molar-refractivity contribution >= 4 is 11.6 Å². The van der Waals surface area contributed by atoms with Gasteiger partial charge in [-0.3, -0.25) is 4.79 Å². The molecule has 0 radical (unpaired) electrons. The van der Waals surface area contributed by atoms with E-state index in [1.165, 1.54) is 64.2 Å². The summed E-state index contributed by atoms with van der Waals surface area (Å²) in [5.74, 6) is 2.62. The lowest BCUT2D eigenvalue weighted by molar-refractivity contribution is 0.0950. The molecule has 4 heteroatoms. The Morgan fingerprint density at radius 1 is 1.12 bits per heavy atom. The molecule has 1 atom stereocenters. The van der Waals surface area contributed by atoms with Gasteiger partial charge in [-0.05, 0) is 44.9 Å². The molecule has 26 heavy (non-hydrogen) atoms. The van der Waals surface area contributed by atoms with Gasteiger partial charge in [0, 0.05) is 12.5 Å². The lowest BCUT2D eigenvalue weighted by atomic mass is 9.78. The number of fused-ring (bicyclic) bond motifs is 1. The maximum atomic E-state index is 13.0. The molecule has 4 nitrogen and oxygen atoms in total. The standard InChI is InChI=1S/C22H35N3O/c1-22(2)14-19(17-11-7-4-8-12-17)24-21-18(15-23-25(21)22)20(26)13-16-9-5-3-6-10-16/h15-17,19,24H,3-14H2,1-2H3. The van der Waals surface area contributed by atoms with Gasteiger partial charge in [-0.15, -0.1) is 0 Å². The summed E-state index contributed by atoms with van der Waals surface area (Å²) in [7, 11) is 0. The zero-order valence-electron chi connectivity index (χ0n) is 16.6. The Balaban J connectivity index is 1.54. The van der Waals surface area contributed by atoms with Crippen LogP contribution in [0.25, 0.3) is 0 Å². The third-order valence-corrected chi connectivity index (χ3v) is 7.10. The Bertz CT molecular complexity index is 636. The van der Waals surface area contributed by atoms with Crippen LogP contribution in [0.15, 0.2) is 6.20 Å². The molecule has 0 bridgehead atoms. The molecule has 2 fully saturated rings. The van der Waals surface area contributed by atoms with E-state index in [0.717, 1.165) is 23.7 Å². The first kappa shape index (κ1) is 18.1. The van der Waals surface area contributed by atoms with Crippen molar-refractivity contribution in [1.29, 1.82) is 0 Å². The number of nitrogens with one attached hydrogen (secondary N) is 1. The Morgan fingerprint density at radius 2 is 1.77 bits per heavy atom. The highest BCUT2D eigenvalue weighted by molar-refractivity contribution is 6.00. The van der Waals surface area contributed by atoms with E-state index in [-0.39, 0.29) is 5.54 Å². The summed E-state index contributed by atoms with van der Waals surface area (Å²) in [6, 6.07) is 0.482. The minimum absolute atomic E-state index is 0.0218. The lowest BCUT2D eigenvalue weighted by Gasteiger charge is -2.42. The van der Waals surface area contributed by atoms with Gasteiger partial charge >= 0.3 is 0 Å². The fraction of sp³-hybridized carbons (Fsp3) is 0.818. The van der Waals surface area contributed by atoms with Crippen molar-refractivity contribution in [3.05, 3.63) is 11.8 Å². The van der Waals surface area contributed by atoms with Crippen LogP contribution in [0.4, 0.5) is 5.82 Å². The number of hydrogen-bond donors (Lipinski definition) is 1.